The van der Waals surface area contributed by atoms with E-state index in [9.17, 15) is 4.79 Å². The van der Waals surface area contributed by atoms with Crippen molar-refractivity contribution in [2.24, 2.45) is 5.92 Å². The van der Waals surface area contributed by atoms with Gasteiger partial charge < -0.3 is 10.1 Å². The highest BCUT2D eigenvalue weighted by Gasteiger charge is 2.43. The fourth-order valence-corrected chi connectivity index (χ4v) is 5.18. The second-order valence-electron chi connectivity index (χ2n) is 8.88. The third-order valence-electron chi connectivity index (χ3n) is 6.81. The molecule has 0 bridgehead atoms. The average molecular weight is 434 g/mol. The molecule has 0 saturated carbocycles. The van der Waals surface area contributed by atoms with Gasteiger partial charge in [0.2, 0.25) is 5.91 Å². The minimum Gasteiger partial charge on any atom is -0.457 e. The lowest BCUT2D eigenvalue weighted by molar-refractivity contribution is -0.117. The third kappa shape index (κ3) is 4.56. The first-order chi connectivity index (χ1) is 15.7. The fourth-order valence-electron chi connectivity index (χ4n) is 5.18. The summed E-state index contributed by atoms with van der Waals surface area (Å²) in [5, 5.41) is 6.94. The number of nitrogens with one attached hydrogen (secondary N) is 4. The summed E-state index contributed by atoms with van der Waals surface area (Å²) < 4.78 is 5.96. The molecule has 3 saturated heterocycles. The lowest BCUT2D eigenvalue weighted by Gasteiger charge is -2.43. The molecule has 7 heteroatoms. The van der Waals surface area contributed by atoms with Crippen molar-refractivity contribution < 1.29 is 9.53 Å². The standard InChI is InChI=1S/C25H31N5O2/c1-2-23(31)27-19-12-13-30(16-19)22-14-18-15-26-29-25(18)24(28-22)17-8-10-21(11-9-17)32-20-6-4-3-5-7-20/h2-11,18-19,22,24-26,28-29H,1,12-16H2,(H,27,31). The second kappa shape index (κ2) is 9.42. The van der Waals surface area contributed by atoms with Crippen LogP contribution in [0.5, 0.6) is 11.5 Å². The van der Waals surface area contributed by atoms with E-state index in [0.29, 0.717) is 12.0 Å². The Morgan fingerprint density at radius 2 is 1.91 bits per heavy atom. The van der Waals surface area contributed by atoms with E-state index < -0.39 is 0 Å². The smallest absolute Gasteiger partial charge is 0.243 e. The number of likely N-dealkylation sites (tertiary alicyclic amines) is 1. The van der Waals surface area contributed by atoms with Gasteiger partial charge in [-0.3, -0.25) is 25.9 Å². The summed E-state index contributed by atoms with van der Waals surface area (Å²) in [6.45, 7) is 6.38. The first-order valence-corrected chi connectivity index (χ1v) is 11.4. The molecule has 3 fully saturated rings. The van der Waals surface area contributed by atoms with Crippen LogP contribution in [0.4, 0.5) is 0 Å². The summed E-state index contributed by atoms with van der Waals surface area (Å²) >= 11 is 0. The Hall–Kier alpha value is -2.71. The van der Waals surface area contributed by atoms with E-state index >= 15 is 0 Å². The first-order valence-electron chi connectivity index (χ1n) is 11.4. The molecule has 1 amide bonds. The number of ether oxygens (including phenoxy) is 1. The summed E-state index contributed by atoms with van der Waals surface area (Å²) in [7, 11) is 0. The summed E-state index contributed by atoms with van der Waals surface area (Å²) in [4.78, 5) is 14.2. The van der Waals surface area contributed by atoms with Crippen molar-refractivity contribution in [2.75, 3.05) is 19.6 Å². The van der Waals surface area contributed by atoms with Crippen molar-refractivity contribution in [1.82, 2.24) is 26.4 Å². The zero-order chi connectivity index (χ0) is 21.9. The number of hydrogen-bond donors (Lipinski definition) is 4. The Morgan fingerprint density at radius 3 is 2.69 bits per heavy atom. The summed E-state index contributed by atoms with van der Waals surface area (Å²) in [5.74, 6) is 2.13. The minimum atomic E-state index is -0.0894. The van der Waals surface area contributed by atoms with Gasteiger partial charge in [0.1, 0.15) is 11.5 Å². The van der Waals surface area contributed by atoms with E-state index in [-0.39, 0.29) is 24.2 Å². The minimum absolute atomic E-state index is 0.0894. The predicted octanol–water partition coefficient (Wildman–Crippen LogP) is 2.31. The number of hydrogen-bond acceptors (Lipinski definition) is 6. The average Bonchev–Trinajstić information content (AvgIpc) is 3.49. The number of carbonyl (C=O) groups is 1. The Balaban J connectivity index is 1.27. The summed E-state index contributed by atoms with van der Waals surface area (Å²) in [6, 6.07) is 19.0. The van der Waals surface area contributed by atoms with E-state index in [1.807, 2.05) is 42.5 Å². The number of carbonyl (C=O) groups excluding carboxylic acids is 1. The van der Waals surface area contributed by atoms with Crippen LogP contribution in [0.1, 0.15) is 24.4 Å². The molecule has 4 N–H and O–H groups in total. The largest absolute Gasteiger partial charge is 0.457 e. The van der Waals surface area contributed by atoms with Crippen molar-refractivity contribution in [3.63, 3.8) is 0 Å². The number of amides is 1. The third-order valence-corrected chi connectivity index (χ3v) is 6.81. The van der Waals surface area contributed by atoms with Crippen LogP contribution in [0.15, 0.2) is 67.3 Å². The number of nitrogens with zero attached hydrogens (tertiary/aromatic N) is 1. The zero-order valence-corrected chi connectivity index (χ0v) is 18.2. The predicted molar refractivity (Wildman–Crippen MR) is 124 cm³/mol. The van der Waals surface area contributed by atoms with E-state index in [4.69, 9.17) is 4.74 Å². The van der Waals surface area contributed by atoms with Crippen LogP contribution in [0.3, 0.4) is 0 Å². The molecule has 7 nitrogen and oxygen atoms in total. The van der Waals surface area contributed by atoms with Crippen LogP contribution in [0, 0.1) is 5.92 Å². The van der Waals surface area contributed by atoms with Crippen LogP contribution < -0.4 is 26.2 Å². The maximum absolute atomic E-state index is 11.7. The number of para-hydroxylation sites is 1. The lowest BCUT2D eigenvalue weighted by Crippen LogP contribution is -2.57. The van der Waals surface area contributed by atoms with E-state index in [1.54, 1.807) is 0 Å². The molecular formula is C25H31N5O2. The van der Waals surface area contributed by atoms with E-state index in [0.717, 1.165) is 44.0 Å². The van der Waals surface area contributed by atoms with Gasteiger partial charge in [-0.25, -0.2) is 0 Å². The topological polar surface area (TPSA) is 77.7 Å². The van der Waals surface area contributed by atoms with Gasteiger partial charge >= 0.3 is 0 Å². The van der Waals surface area contributed by atoms with Crippen LogP contribution in [0.25, 0.3) is 0 Å². The van der Waals surface area contributed by atoms with Crippen LogP contribution in [-0.2, 0) is 4.79 Å². The van der Waals surface area contributed by atoms with Gasteiger partial charge in [0.25, 0.3) is 0 Å². The van der Waals surface area contributed by atoms with Gasteiger partial charge in [-0.2, -0.15) is 0 Å². The fraction of sp³-hybridized carbons (Fsp3) is 0.400. The Kier molecular flexibility index (Phi) is 6.23. The molecule has 3 heterocycles. The van der Waals surface area contributed by atoms with Gasteiger partial charge in [-0.05, 0) is 54.7 Å². The van der Waals surface area contributed by atoms with Crippen molar-refractivity contribution in [1.29, 1.82) is 0 Å². The molecule has 0 radical (unpaired) electrons. The lowest BCUT2D eigenvalue weighted by atomic mass is 9.83. The molecule has 2 aromatic carbocycles. The SMILES string of the molecule is C=CC(=O)NC1CCN(C2CC3CNNC3C(c3ccc(Oc4ccccc4)cc3)N2)C1. The Bertz CT molecular complexity index is 935. The molecule has 0 aromatic heterocycles. The van der Waals surface area contributed by atoms with Crippen LogP contribution >= 0.6 is 0 Å². The number of rotatable bonds is 6. The second-order valence-corrected chi connectivity index (χ2v) is 8.88. The van der Waals surface area contributed by atoms with E-state index in [2.05, 4.69) is 45.1 Å². The van der Waals surface area contributed by atoms with Gasteiger partial charge in [0, 0.05) is 31.7 Å². The molecule has 168 valence electrons. The number of hydrazine groups is 1. The molecule has 32 heavy (non-hydrogen) atoms. The molecule has 5 atom stereocenters. The maximum Gasteiger partial charge on any atom is 0.243 e. The summed E-state index contributed by atoms with van der Waals surface area (Å²) in [6.07, 6.45) is 3.69. The molecule has 0 aliphatic carbocycles. The van der Waals surface area contributed by atoms with Gasteiger partial charge in [0.15, 0.2) is 0 Å². The number of benzene rings is 2. The molecule has 2 aromatic rings. The van der Waals surface area contributed by atoms with Crippen molar-refractivity contribution in [3.8, 4) is 11.5 Å². The van der Waals surface area contributed by atoms with Gasteiger partial charge in [-0.1, -0.05) is 36.9 Å². The zero-order valence-electron chi connectivity index (χ0n) is 18.2. The van der Waals surface area contributed by atoms with Gasteiger partial charge in [0.05, 0.1) is 12.2 Å². The Morgan fingerprint density at radius 1 is 1.12 bits per heavy atom. The van der Waals surface area contributed by atoms with Crippen molar-refractivity contribution >= 4 is 5.91 Å². The molecular weight excluding hydrogens is 402 g/mol. The van der Waals surface area contributed by atoms with Crippen molar-refractivity contribution in [2.45, 2.75) is 37.1 Å². The highest BCUT2D eigenvalue weighted by molar-refractivity contribution is 5.87. The normalized spacial score (nSPS) is 29.9. The molecule has 5 rings (SSSR count). The van der Waals surface area contributed by atoms with Crippen LogP contribution in [-0.4, -0.2) is 48.7 Å². The van der Waals surface area contributed by atoms with Crippen LogP contribution in [0.2, 0.25) is 0 Å². The Labute approximate surface area is 189 Å². The quantitative estimate of drug-likeness (QED) is 0.524. The van der Waals surface area contributed by atoms with Gasteiger partial charge in [-0.15, -0.1) is 0 Å². The highest BCUT2D eigenvalue weighted by Crippen LogP contribution is 2.35. The highest BCUT2D eigenvalue weighted by atomic mass is 16.5. The molecule has 3 aliphatic rings. The van der Waals surface area contributed by atoms with Crippen molar-refractivity contribution in [3.05, 3.63) is 72.8 Å². The van der Waals surface area contributed by atoms with E-state index in [1.165, 1.54) is 11.6 Å². The number of piperidine rings is 1. The monoisotopic (exact) mass is 433 g/mol. The molecule has 3 aliphatic heterocycles. The molecule has 5 unspecified atom stereocenters. The number of fused-ring (bicyclic) bond motifs is 1. The summed E-state index contributed by atoms with van der Waals surface area (Å²) in [5.41, 5.74) is 8.09. The maximum atomic E-state index is 11.7. The first kappa shape index (κ1) is 21.2. The molecule has 0 spiro atoms.